The highest BCUT2D eigenvalue weighted by molar-refractivity contribution is 5.85. The highest BCUT2D eigenvalue weighted by Crippen LogP contribution is 2.40. The summed E-state index contributed by atoms with van der Waals surface area (Å²) in [5, 5.41) is 17.6. The van der Waals surface area contributed by atoms with Crippen molar-refractivity contribution in [3.63, 3.8) is 0 Å². The van der Waals surface area contributed by atoms with Crippen LogP contribution in [0.3, 0.4) is 0 Å². The first-order valence-corrected chi connectivity index (χ1v) is 10.7. The topological polar surface area (TPSA) is 95.3 Å². The predicted molar refractivity (Wildman–Crippen MR) is 122 cm³/mol. The Bertz CT molecular complexity index is 875. The van der Waals surface area contributed by atoms with Gasteiger partial charge in [-0.05, 0) is 29.9 Å². The number of rotatable bonds is 8. The maximum Gasteiger partial charge on any atom is 0.225 e. The molecule has 0 fully saturated rings. The molecule has 1 aliphatic rings. The highest BCUT2D eigenvalue weighted by atomic mass is 16.3. The Hall–Kier alpha value is -2.54. The average Bonchev–Trinajstić information content (AvgIpc) is 3.14. The summed E-state index contributed by atoms with van der Waals surface area (Å²) in [6.45, 7) is 13.0. The third kappa shape index (κ3) is 4.95. The summed E-state index contributed by atoms with van der Waals surface area (Å²) in [6.07, 6.45) is 3.98. The number of pyridine rings is 1. The van der Waals surface area contributed by atoms with E-state index >= 15 is 0 Å². The molecule has 3 atom stereocenters. The van der Waals surface area contributed by atoms with E-state index in [1.807, 2.05) is 45.2 Å². The maximum absolute atomic E-state index is 10.8. The standard InChI is InChI=1S/C23H34N6O/c1-7-17(20(30)23(4,5)6)27-22-28-18-16(14(2)3)13-25-19(18)21(29-22)26-12-15-10-8-9-11-24-15/h8-11,13-14,16-17,20,30H,7,12H2,1-6H3,(H2,26,27,28,29)/t16?,17-,20?/m0/s1. The Morgan fingerprint density at radius 3 is 2.53 bits per heavy atom. The van der Waals surface area contributed by atoms with Crippen LogP contribution in [-0.4, -0.2) is 38.4 Å². The number of aliphatic hydroxyl groups is 1. The summed E-state index contributed by atoms with van der Waals surface area (Å²) in [5.41, 5.74) is 2.40. The number of aromatic nitrogens is 3. The van der Waals surface area contributed by atoms with E-state index in [0.717, 1.165) is 23.5 Å². The molecule has 3 heterocycles. The molecule has 0 radical (unpaired) electrons. The minimum atomic E-state index is -0.526. The Kier molecular flexibility index (Phi) is 6.71. The zero-order valence-electron chi connectivity index (χ0n) is 18.8. The van der Waals surface area contributed by atoms with Crippen LogP contribution in [0.4, 0.5) is 17.5 Å². The minimum Gasteiger partial charge on any atom is -0.390 e. The Morgan fingerprint density at radius 1 is 1.17 bits per heavy atom. The van der Waals surface area contributed by atoms with Crippen LogP contribution in [0.1, 0.15) is 65.3 Å². The lowest BCUT2D eigenvalue weighted by atomic mass is 9.84. The van der Waals surface area contributed by atoms with Crippen LogP contribution in [0, 0.1) is 11.3 Å². The normalized spacial score (nSPS) is 17.7. The molecule has 30 heavy (non-hydrogen) atoms. The molecule has 0 aliphatic carbocycles. The second kappa shape index (κ2) is 9.08. The van der Waals surface area contributed by atoms with Gasteiger partial charge in [0, 0.05) is 18.3 Å². The molecule has 2 aromatic heterocycles. The monoisotopic (exact) mass is 410 g/mol. The second-order valence-corrected chi connectivity index (χ2v) is 9.32. The number of nitrogens with zero attached hydrogens (tertiary/aromatic N) is 4. The Morgan fingerprint density at radius 2 is 1.93 bits per heavy atom. The molecule has 0 amide bonds. The molecule has 0 bridgehead atoms. The molecule has 0 spiro atoms. The van der Waals surface area contributed by atoms with Crippen LogP contribution in [0.25, 0.3) is 0 Å². The lowest BCUT2D eigenvalue weighted by Gasteiger charge is -2.33. The molecule has 3 N–H and O–H groups in total. The van der Waals surface area contributed by atoms with Crippen LogP contribution >= 0.6 is 0 Å². The number of hydrogen-bond acceptors (Lipinski definition) is 7. The zero-order chi connectivity index (χ0) is 21.9. The van der Waals surface area contributed by atoms with Gasteiger partial charge in [0.25, 0.3) is 0 Å². The van der Waals surface area contributed by atoms with E-state index < -0.39 is 6.10 Å². The van der Waals surface area contributed by atoms with Gasteiger partial charge < -0.3 is 15.7 Å². The van der Waals surface area contributed by atoms with Crippen LogP contribution in [0.2, 0.25) is 0 Å². The highest BCUT2D eigenvalue weighted by Gasteiger charge is 2.32. The van der Waals surface area contributed by atoms with E-state index in [9.17, 15) is 5.11 Å². The summed E-state index contributed by atoms with van der Waals surface area (Å²) < 4.78 is 0. The van der Waals surface area contributed by atoms with Crippen molar-refractivity contribution in [2.24, 2.45) is 16.3 Å². The predicted octanol–water partition coefficient (Wildman–Crippen LogP) is 4.54. The molecule has 0 aromatic carbocycles. The minimum absolute atomic E-state index is 0.145. The van der Waals surface area contributed by atoms with Crippen molar-refractivity contribution >= 4 is 23.7 Å². The van der Waals surface area contributed by atoms with Gasteiger partial charge in [-0.2, -0.15) is 4.98 Å². The first-order chi connectivity index (χ1) is 14.2. The number of nitrogens with one attached hydrogen (secondary N) is 2. The fraction of sp³-hybridized carbons (Fsp3) is 0.565. The molecule has 2 aromatic rings. The smallest absolute Gasteiger partial charge is 0.225 e. The van der Waals surface area contributed by atoms with Gasteiger partial charge in [0.15, 0.2) is 5.82 Å². The maximum atomic E-state index is 10.8. The zero-order valence-corrected chi connectivity index (χ0v) is 18.8. The van der Waals surface area contributed by atoms with E-state index in [4.69, 9.17) is 9.97 Å². The van der Waals surface area contributed by atoms with Gasteiger partial charge in [0.05, 0.1) is 30.1 Å². The molecule has 1 aliphatic heterocycles. The van der Waals surface area contributed by atoms with E-state index in [-0.39, 0.29) is 17.4 Å². The first-order valence-electron chi connectivity index (χ1n) is 10.7. The summed E-state index contributed by atoms with van der Waals surface area (Å²) in [6, 6.07) is 5.69. The molecule has 7 heteroatoms. The summed E-state index contributed by atoms with van der Waals surface area (Å²) in [4.78, 5) is 18.5. The molecule has 2 unspecified atom stereocenters. The summed E-state index contributed by atoms with van der Waals surface area (Å²) >= 11 is 0. The van der Waals surface area contributed by atoms with Gasteiger partial charge in [-0.25, -0.2) is 4.98 Å². The quantitative estimate of drug-likeness (QED) is 0.591. The van der Waals surface area contributed by atoms with Gasteiger partial charge in [0.1, 0.15) is 5.69 Å². The summed E-state index contributed by atoms with van der Waals surface area (Å²) in [5.74, 6) is 1.73. The lowest BCUT2D eigenvalue weighted by molar-refractivity contribution is 0.0450. The fourth-order valence-corrected chi connectivity index (χ4v) is 3.58. The van der Waals surface area contributed by atoms with E-state index in [1.165, 1.54) is 0 Å². The van der Waals surface area contributed by atoms with Crippen LogP contribution in [0.15, 0.2) is 29.4 Å². The van der Waals surface area contributed by atoms with Crippen LogP contribution < -0.4 is 10.6 Å². The van der Waals surface area contributed by atoms with Crippen LogP contribution in [-0.2, 0) is 6.54 Å². The van der Waals surface area contributed by atoms with Gasteiger partial charge in [-0.1, -0.05) is 47.6 Å². The molecule has 7 nitrogen and oxygen atoms in total. The SMILES string of the molecule is CC[C@H](Nc1nc(NCc2ccccn2)c2c(n1)C(C(C)C)C=N2)C(O)C(C)(C)C. The molecule has 0 saturated heterocycles. The van der Waals surface area contributed by atoms with Gasteiger partial charge in [-0.15, -0.1) is 0 Å². The molecule has 0 saturated carbocycles. The molecular weight excluding hydrogens is 376 g/mol. The first kappa shape index (κ1) is 22.2. The van der Waals surface area contributed by atoms with Crippen LogP contribution in [0.5, 0.6) is 0 Å². The number of hydrogen-bond donors (Lipinski definition) is 3. The van der Waals surface area contributed by atoms with E-state index in [2.05, 4.69) is 41.4 Å². The number of anilines is 2. The number of aliphatic hydroxyl groups excluding tert-OH is 1. The Balaban J connectivity index is 1.91. The molecular formula is C23H34N6O. The third-order valence-corrected chi connectivity index (χ3v) is 5.50. The lowest BCUT2D eigenvalue weighted by Crippen LogP contribution is -2.42. The average molecular weight is 411 g/mol. The van der Waals surface area contributed by atoms with Crippen molar-refractivity contribution < 1.29 is 5.11 Å². The van der Waals surface area contributed by atoms with Crippen molar-refractivity contribution in [2.75, 3.05) is 10.6 Å². The van der Waals surface area contributed by atoms with Gasteiger partial charge in [0.2, 0.25) is 5.95 Å². The third-order valence-electron chi connectivity index (χ3n) is 5.50. The Labute approximate surface area is 179 Å². The number of aliphatic imine (C=N–C) groups is 1. The second-order valence-electron chi connectivity index (χ2n) is 9.32. The summed E-state index contributed by atoms with van der Waals surface area (Å²) in [7, 11) is 0. The van der Waals surface area contributed by atoms with Crippen molar-refractivity contribution in [2.45, 2.75) is 72.6 Å². The van der Waals surface area contributed by atoms with Crippen molar-refractivity contribution in [3.8, 4) is 0 Å². The van der Waals surface area contributed by atoms with Crippen molar-refractivity contribution in [1.29, 1.82) is 0 Å². The number of fused-ring (bicyclic) bond motifs is 1. The van der Waals surface area contributed by atoms with Gasteiger partial charge >= 0.3 is 0 Å². The molecule has 3 rings (SSSR count). The van der Waals surface area contributed by atoms with Crippen molar-refractivity contribution in [3.05, 3.63) is 35.8 Å². The van der Waals surface area contributed by atoms with E-state index in [0.29, 0.717) is 24.2 Å². The molecule has 162 valence electrons. The van der Waals surface area contributed by atoms with Crippen molar-refractivity contribution in [1.82, 2.24) is 15.0 Å². The fourth-order valence-electron chi connectivity index (χ4n) is 3.58. The van der Waals surface area contributed by atoms with E-state index in [1.54, 1.807) is 6.20 Å². The van der Waals surface area contributed by atoms with Gasteiger partial charge in [-0.3, -0.25) is 9.98 Å². The largest absolute Gasteiger partial charge is 0.390 e.